The third-order valence-corrected chi connectivity index (χ3v) is 5.30. The van der Waals surface area contributed by atoms with Crippen LogP contribution in [-0.4, -0.2) is 35.1 Å². The molecule has 110 valence electrons. The molecule has 1 N–H and O–H groups in total. The Kier molecular flexibility index (Phi) is 3.97. The first kappa shape index (κ1) is 14.8. The first-order valence-corrected chi connectivity index (χ1v) is 7.69. The second kappa shape index (κ2) is 5.08. The van der Waals surface area contributed by atoms with Crippen molar-refractivity contribution in [1.82, 2.24) is 4.90 Å². The van der Waals surface area contributed by atoms with Crippen molar-refractivity contribution in [2.24, 2.45) is 16.7 Å². The van der Waals surface area contributed by atoms with Gasteiger partial charge in [0.1, 0.15) is 0 Å². The molecule has 2 fully saturated rings. The third-order valence-electron chi connectivity index (χ3n) is 5.30. The molecule has 2 atom stereocenters. The summed E-state index contributed by atoms with van der Waals surface area (Å²) in [7, 11) is 0. The molecule has 1 aliphatic carbocycles. The van der Waals surface area contributed by atoms with Gasteiger partial charge in [0.15, 0.2) is 0 Å². The van der Waals surface area contributed by atoms with Gasteiger partial charge < -0.3 is 10.0 Å². The fourth-order valence-corrected chi connectivity index (χ4v) is 4.17. The predicted octanol–water partition coefficient (Wildman–Crippen LogP) is 3.39. The van der Waals surface area contributed by atoms with Crippen LogP contribution >= 0.6 is 0 Å². The van der Waals surface area contributed by atoms with Crippen LogP contribution < -0.4 is 0 Å². The Bertz CT molecular complexity index is 343. The Morgan fingerprint density at radius 2 is 1.74 bits per heavy atom. The second-order valence-corrected chi connectivity index (χ2v) is 7.97. The van der Waals surface area contributed by atoms with Crippen molar-refractivity contribution in [3.63, 3.8) is 0 Å². The summed E-state index contributed by atoms with van der Waals surface area (Å²) in [4.78, 5) is 13.9. The SMILES string of the molecule is CC1CC(N2CCC(C)(C(=O)O)CC2)CC(C)(C)C1. The smallest absolute Gasteiger partial charge is 0.309 e. The quantitative estimate of drug-likeness (QED) is 0.833. The Labute approximate surface area is 117 Å². The minimum Gasteiger partial charge on any atom is -0.481 e. The summed E-state index contributed by atoms with van der Waals surface area (Å²) >= 11 is 0. The summed E-state index contributed by atoms with van der Waals surface area (Å²) in [5.74, 6) is 0.172. The third kappa shape index (κ3) is 3.31. The van der Waals surface area contributed by atoms with E-state index in [0.29, 0.717) is 11.5 Å². The highest BCUT2D eigenvalue weighted by Gasteiger charge is 2.41. The van der Waals surface area contributed by atoms with Gasteiger partial charge in [-0.3, -0.25) is 4.79 Å². The molecule has 0 aromatic heterocycles. The lowest BCUT2D eigenvalue weighted by atomic mass is 9.69. The zero-order valence-electron chi connectivity index (χ0n) is 12.9. The van der Waals surface area contributed by atoms with Crippen LogP contribution in [0.4, 0.5) is 0 Å². The van der Waals surface area contributed by atoms with E-state index in [1.54, 1.807) is 0 Å². The van der Waals surface area contributed by atoms with Crippen LogP contribution in [0, 0.1) is 16.7 Å². The summed E-state index contributed by atoms with van der Waals surface area (Å²) < 4.78 is 0. The Balaban J connectivity index is 1.96. The molecular formula is C16H29NO2. The van der Waals surface area contributed by atoms with Gasteiger partial charge in [-0.25, -0.2) is 0 Å². The lowest BCUT2D eigenvalue weighted by Crippen LogP contribution is -2.50. The maximum absolute atomic E-state index is 11.3. The number of rotatable bonds is 2. The van der Waals surface area contributed by atoms with Crippen LogP contribution in [0.25, 0.3) is 0 Å². The van der Waals surface area contributed by atoms with E-state index in [-0.39, 0.29) is 0 Å². The zero-order valence-corrected chi connectivity index (χ0v) is 12.9. The molecular weight excluding hydrogens is 238 g/mol. The minimum absolute atomic E-state index is 0.440. The van der Waals surface area contributed by atoms with E-state index < -0.39 is 11.4 Å². The largest absolute Gasteiger partial charge is 0.481 e. The highest BCUT2D eigenvalue weighted by Crippen LogP contribution is 2.42. The lowest BCUT2D eigenvalue weighted by Gasteiger charge is -2.47. The summed E-state index contributed by atoms with van der Waals surface area (Å²) in [5.41, 5.74) is -0.0534. The van der Waals surface area contributed by atoms with E-state index >= 15 is 0 Å². The van der Waals surface area contributed by atoms with Crippen molar-refractivity contribution in [2.75, 3.05) is 13.1 Å². The van der Waals surface area contributed by atoms with E-state index in [1.165, 1.54) is 19.3 Å². The molecule has 2 aliphatic rings. The molecule has 2 unspecified atom stereocenters. The Hall–Kier alpha value is -0.570. The molecule has 0 bridgehead atoms. The fraction of sp³-hybridized carbons (Fsp3) is 0.938. The first-order chi connectivity index (χ1) is 8.72. The number of hydrogen-bond acceptors (Lipinski definition) is 2. The van der Waals surface area contributed by atoms with Crippen LogP contribution in [0.1, 0.15) is 59.8 Å². The zero-order chi connectivity index (χ0) is 14.3. The van der Waals surface area contributed by atoms with Crippen LogP contribution in [0.5, 0.6) is 0 Å². The van der Waals surface area contributed by atoms with Crippen molar-refractivity contribution in [3.8, 4) is 0 Å². The van der Waals surface area contributed by atoms with Crippen LogP contribution in [0.2, 0.25) is 0 Å². The van der Waals surface area contributed by atoms with Crippen LogP contribution in [0.15, 0.2) is 0 Å². The van der Waals surface area contributed by atoms with Gasteiger partial charge in [0.25, 0.3) is 0 Å². The number of nitrogens with zero attached hydrogens (tertiary/aromatic N) is 1. The summed E-state index contributed by atoms with van der Waals surface area (Å²) in [6.07, 6.45) is 5.47. The molecule has 1 heterocycles. The molecule has 0 spiro atoms. The molecule has 1 saturated carbocycles. The van der Waals surface area contributed by atoms with E-state index in [1.807, 2.05) is 6.92 Å². The molecule has 1 saturated heterocycles. The molecule has 0 aromatic rings. The lowest BCUT2D eigenvalue weighted by molar-refractivity contribution is -0.151. The van der Waals surface area contributed by atoms with E-state index in [2.05, 4.69) is 25.7 Å². The topological polar surface area (TPSA) is 40.5 Å². The molecule has 0 aromatic carbocycles. The molecule has 1 aliphatic heterocycles. The van der Waals surface area contributed by atoms with Crippen LogP contribution in [0.3, 0.4) is 0 Å². The first-order valence-electron chi connectivity index (χ1n) is 7.69. The van der Waals surface area contributed by atoms with Crippen LogP contribution in [-0.2, 0) is 4.79 Å². The summed E-state index contributed by atoms with van der Waals surface area (Å²) in [5, 5.41) is 9.30. The van der Waals surface area contributed by atoms with Crippen molar-refractivity contribution in [3.05, 3.63) is 0 Å². The van der Waals surface area contributed by atoms with Crippen molar-refractivity contribution in [2.45, 2.75) is 65.8 Å². The maximum Gasteiger partial charge on any atom is 0.309 e. The number of hydrogen-bond donors (Lipinski definition) is 1. The average molecular weight is 267 g/mol. The number of carboxylic acid groups (broad SMARTS) is 1. The van der Waals surface area contributed by atoms with Gasteiger partial charge in [0.05, 0.1) is 5.41 Å². The van der Waals surface area contributed by atoms with Gasteiger partial charge in [-0.15, -0.1) is 0 Å². The molecule has 3 nitrogen and oxygen atoms in total. The molecule has 19 heavy (non-hydrogen) atoms. The summed E-state index contributed by atoms with van der Waals surface area (Å²) in [6.45, 7) is 10.9. The number of piperidine rings is 1. The van der Waals surface area contributed by atoms with Gasteiger partial charge in [-0.2, -0.15) is 0 Å². The standard InChI is InChI=1S/C16H29NO2/c1-12-9-13(11-15(2,3)10-12)17-7-5-16(4,6-8-17)14(18)19/h12-13H,5-11H2,1-4H3,(H,18,19). The van der Waals surface area contributed by atoms with Crippen molar-refractivity contribution < 1.29 is 9.90 Å². The van der Waals surface area contributed by atoms with Gasteiger partial charge in [0, 0.05) is 6.04 Å². The van der Waals surface area contributed by atoms with Gasteiger partial charge in [0.2, 0.25) is 0 Å². The van der Waals surface area contributed by atoms with E-state index in [9.17, 15) is 9.90 Å². The van der Waals surface area contributed by atoms with Gasteiger partial charge in [-0.05, 0) is 63.5 Å². The van der Waals surface area contributed by atoms with E-state index in [0.717, 1.165) is 31.8 Å². The molecule has 3 heteroatoms. The second-order valence-electron chi connectivity index (χ2n) is 7.97. The molecule has 2 rings (SSSR count). The number of aliphatic carboxylic acids is 1. The normalized spacial score (nSPS) is 34.9. The molecule has 0 amide bonds. The highest BCUT2D eigenvalue weighted by atomic mass is 16.4. The predicted molar refractivity (Wildman–Crippen MR) is 77.1 cm³/mol. The van der Waals surface area contributed by atoms with E-state index in [4.69, 9.17) is 0 Å². The monoisotopic (exact) mass is 267 g/mol. The van der Waals surface area contributed by atoms with Gasteiger partial charge in [-0.1, -0.05) is 20.8 Å². The van der Waals surface area contributed by atoms with Crippen molar-refractivity contribution in [1.29, 1.82) is 0 Å². The summed E-state index contributed by atoms with van der Waals surface area (Å²) in [6, 6.07) is 0.664. The Morgan fingerprint density at radius 1 is 1.16 bits per heavy atom. The fourth-order valence-electron chi connectivity index (χ4n) is 4.17. The number of carboxylic acids is 1. The minimum atomic E-state index is -0.621. The maximum atomic E-state index is 11.3. The molecule has 0 radical (unpaired) electrons. The number of likely N-dealkylation sites (tertiary alicyclic amines) is 1. The average Bonchev–Trinajstić information content (AvgIpc) is 2.27. The number of carbonyl (C=O) groups is 1. The highest BCUT2D eigenvalue weighted by molar-refractivity contribution is 5.74. The van der Waals surface area contributed by atoms with Gasteiger partial charge >= 0.3 is 5.97 Å². The van der Waals surface area contributed by atoms with Crippen molar-refractivity contribution >= 4 is 5.97 Å². The Morgan fingerprint density at radius 3 is 2.21 bits per heavy atom.